The molecule has 0 spiro atoms. The molecular formula is C13H12N6O2. The van der Waals surface area contributed by atoms with Gasteiger partial charge in [-0.1, -0.05) is 12.1 Å². The summed E-state index contributed by atoms with van der Waals surface area (Å²) in [5, 5.41) is 21.9. The third kappa shape index (κ3) is 2.50. The van der Waals surface area contributed by atoms with Gasteiger partial charge in [-0.2, -0.15) is 0 Å². The number of nitro groups is 1. The van der Waals surface area contributed by atoms with Gasteiger partial charge in [-0.15, -0.1) is 10.2 Å². The monoisotopic (exact) mass is 284 g/mol. The van der Waals surface area contributed by atoms with E-state index in [9.17, 15) is 10.1 Å². The zero-order chi connectivity index (χ0) is 14.8. The number of fused-ring (bicyclic) bond motifs is 1. The number of non-ortho nitro benzene ring substituents is 1. The normalized spacial score (nSPS) is 10.7. The highest BCUT2D eigenvalue weighted by Gasteiger charge is 2.09. The maximum Gasteiger partial charge on any atom is 0.269 e. The first-order valence-electron chi connectivity index (χ1n) is 6.28. The van der Waals surface area contributed by atoms with Crippen molar-refractivity contribution in [1.29, 1.82) is 0 Å². The van der Waals surface area contributed by atoms with Crippen molar-refractivity contribution in [3.05, 3.63) is 58.2 Å². The minimum absolute atomic E-state index is 0.0683. The van der Waals surface area contributed by atoms with Crippen LogP contribution in [-0.4, -0.2) is 24.5 Å². The lowest BCUT2D eigenvalue weighted by atomic mass is 10.2. The zero-order valence-electron chi connectivity index (χ0n) is 11.2. The Morgan fingerprint density at radius 3 is 3.05 bits per heavy atom. The molecule has 0 atom stereocenters. The Balaban J connectivity index is 1.83. The topological polar surface area (TPSA) is 98.2 Å². The Morgan fingerprint density at radius 2 is 2.24 bits per heavy atom. The third-order valence-corrected chi connectivity index (χ3v) is 3.08. The molecule has 0 unspecified atom stereocenters. The van der Waals surface area contributed by atoms with Crippen molar-refractivity contribution >= 4 is 17.2 Å². The number of hydrogen-bond donors (Lipinski definition) is 1. The average molecular weight is 284 g/mol. The predicted octanol–water partition coefficient (Wildman–Crippen LogP) is 1.95. The van der Waals surface area contributed by atoms with E-state index in [1.54, 1.807) is 18.5 Å². The molecule has 0 radical (unpaired) electrons. The largest absolute Gasteiger partial charge is 0.363 e. The van der Waals surface area contributed by atoms with E-state index < -0.39 is 4.92 Å². The molecule has 106 valence electrons. The molecule has 2 aromatic heterocycles. The molecule has 2 heterocycles. The molecule has 0 saturated carbocycles. The molecule has 3 aromatic rings. The fourth-order valence-electron chi connectivity index (χ4n) is 2.03. The highest BCUT2D eigenvalue weighted by Crippen LogP contribution is 2.16. The van der Waals surface area contributed by atoms with E-state index in [-0.39, 0.29) is 5.69 Å². The number of hydrogen-bond acceptors (Lipinski definition) is 6. The minimum Gasteiger partial charge on any atom is -0.363 e. The van der Waals surface area contributed by atoms with Crippen LogP contribution in [0.5, 0.6) is 0 Å². The molecule has 1 aromatic carbocycles. The lowest BCUT2D eigenvalue weighted by Gasteiger charge is -2.06. The van der Waals surface area contributed by atoms with E-state index in [0.29, 0.717) is 18.0 Å². The summed E-state index contributed by atoms with van der Waals surface area (Å²) in [5.74, 6) is 1.36. The quantitative estimate of drug-likeness (QED) is 0.580. The lowest BCUT2D eigenvalue weighted by molar-refractivity contribution is -0.384. The van der Waals surface area contributed by atoms with E-state index in [1.807, 2.05) is 17.4 Å². The van der Waals surface area contributed by atoms with Gasteiger partial charge in [0, 0.05) is 31.1 Å². The van der Waals surface area contributed by atoms with Gasteiger partial charge in [0.15, 0.2) is 5.82 Å². The van der Waals surface area contributed by atoms with Gasteiger partial charge >= 0.3 is 0 Å². The van der Waals surface area contributed by atoms with E-state index in [2.05, 4.69) is 20.5 Å². The second kappa shape index (κ2) is 5.16. The molecule has 1 N–H and O–H groups in total. The van der Waals surface area contributed by atoms with Crippen LogP contribution in [0.2, 0.25) is 0 Å². The summed E-state index contributed by atoms with van der Waals surface area (Å²) in [4.78, 5) is 14.6. The molecule has 0 amide bonds. The van der Waals surface area contributed by atoms with Gasteiger partial charge in [0.1, 0.15) is 5.82 Å². The van der Waals surface area contributed by atoms with Crippen molar-refractivity contribution in [1.82, 2.24) is 19.6 Å². The number of nitro benzene ring substituents is 1. The molecule has 3 rings (SSSR count). The van der Waals surface area contributed by atoms with Crippen LogP contribution in [0, 0.1) is 17.0 Å². The number of aromatic nitrogens is 4. The predicted molar refractivity (Wildman–Crippen MR) is 75.9 cm³/mol. The van der Waals surface area contributed by atoms with Gasteiger partial charge in [-0.3, -0.25) is 14.5 Å². The Labute approximate surface area is 119 Å². The van der Waals surface area contributed by atoms with Gasteiger partial charge in [0.05, 0.1) is 4.92 Å². The lowest BCUT2D eigenvalue weighted by Crippen LogP contribution is -2.04. The number of anilines is 1. The van der Waals surface area contributed by atoms with Crippen LogP contribution in [0.4, 0.5) is 11.5 Å². The fraction of sp³-hybridized carbons (Fsp3) is 0.154. The first-order valence-corrected chi connectivity index (χ1v) is 6.28. The fourth-order valence-corrected chi connectivity index (χ4v) is 2.03. The van der Waals surface area contributed by atoms with Crippen molar-refractivity contribution in [2.75, 3.05) is 5.32 Å². The van der Waals surface area contributed by atoms with Crippen LogP contribution in [0.25, 0.3) is 5.65 Å². The van der Waals surface area contributed by atoms with Crippen LogP contribution in [0.3, 0.4) is 0 Å². The first-order chi connectivity index (χ1) is 10.1. The molecule has 8 heteroatoms. The van der Waals surface area contributed by atoms with Crippen LogP contribution >= 0.6 is 0 Å². The number of rotatable bonds is 4. The Hall–Kier alpha value is -3.03. The van der Waals surface area contributed by atoms with Gasteiger partial charge in [0.2, 0.25) is 5.65 Å². The van der Waals surface area contributed by atoms with Crippen LogP contribution in [-0.2, 0) is 6.54 Å². The smallest absolute Gasteiger partial charge is 0.269 e. The SMILES string of the molecule is Cc1nnc2c(NCc3cccc([N+](=O)[O-])c3)nccn12. The number of benzene rings is 1. The molecule has 0 aliphatic rings. The van der Waals surface area contributed by atoms with Crippen molar-refractivity contribution in [2.45, 2.75) is 13.5 Å². The van der Waals surface area contributed by atoms with Crippen molar-refractivity contribution in [2.24, 2.45) is 0 Å². The molecular weight excluding hydrogens is 272 g/mol. The molecule has 0 fully saturated rings. The molecule has 8 nitrogen and oxygen atoms in total. The summed E-state index contributed by atoms with van der Waals surface area (Å²) in [7, 11) is 0. The Kier molecular flexibility index (Phi) is 3.19. The second-order valence-corrected chi connectivity index (χ2v) is 4.50. The highest BCUT2D eigenvalue weighted by atomic mass is 16.6. The summed E-state index contributed by atoms with van der Waals surface area (Å²) in [5.41, 5.74) is 1.49. The molecule has 0 bridgehead atoms. The molecule has 0 saturated heterocycles. The first kappa shape index (κ1) is 13.0. The van der Waals surface area contributed by atoms with Crippen LogP contribution < -0.4 is 5.32 Å². The van der Waals surface area contributed by atoms with Crippen molar-refractivity contribution < 1.29 is 4.92 Å². The number of nitrogens with one attached hydrogen (secondary N) is 1. The van der Waals surface area contributed by atoms with Crippen LogP contribution in [0.1, 0.15) is 11.4 Å². The summed E-state index contributed by atoms with van der Waals surface area (Å²) >= 11 is 0. The van der Waals surface area contributed by atoms with Gasteiger partial charge in [-0.25, -0.2) is 4.98 Å². The van der Waals surface area contributed by atoms with E-state index in [1.165, 1.54) is 12.1 Å². The summed E-state index contributed by atoms with van der Waals surface area (Å²) in [6.45, 7) is 2.27. The zero-order valence-corrected chi connectivity index (χ0v) is 11.2. The van der Waals surface area contributed by atoms with Gasteiger partial charge in [-0.05, 0) is 12.5 Å². The highest BCUT2D eigenvalue weighted by molar-refractivity contribution is 5.62. The number of aryl methyl sites for hydroxylation is 1. The van der Waals surface area contributed by atoms with Crippen molar-refractivity contribution in [3.63, 3.8) is 0 Å². The molecule has 0 aliphatic carbocycles. The van der Waals surface area contributed by atoms with Crippen LogP contribution in [0.15, 0.2) is 36.7 Å². The maximum atomic E-state index is 10.8. The molecule has 21 heavy (non-hydrogen) atoms. The van der Waals surface area contributed by atoms with E-state index >= 15 is 0 Å². The van der Waals surface area contributed by atoms with E-state index in [4.69, 9.17) is 0 Å². The van der Waals surface area contributed by atoms with E-state index in [0.717, 1.165) is 11.4 Å². The van der Waals surface area contributed by atoms with Crippen molar-refractivity contribution in [3.8, 4) is 0 Å². The Bertz CT molecular complexity index is 813. The van der Waals surface area contributed by atoms with Gasteiger partial charge < -0.3 is 5.32 Å². The third-order valence-electron chi connectivity index (χ3n) is 3.08. The second-order valence-electron chi connectivity index (χ2n) is 4.50. The summed E-state index contributed by atoms with van der Waals surface area (Å²) in [6, 6.07) is 6.46. The Morgan fingerprint density at radius 1 is 1.38 bits per heavy atom. The number of nitrogens with zero attached hydrogens (tertiary/aromatic N) is 5. The van der Waals surface area contributed by atoms with Gasteiger partial charge in [0.25, 0.3) is 5.69 Å². The average Bonchev–Trinajstić information content (AvgIpc) is 2.88. The standard InChI is InChI=1S/C13H12N6O2/c1-9-16-17-13-12(14-5-6-18(9)13)15-8-10-3-2-4-11(7-10)19(20)21/h2-7H,8H2,1H3,(H,14,15). The summed E-state index contributed by atoms with van der Waals surface area (Å²) < 4.78 is 1.82. The summed E-state index contributed by atoms with van der Waals surface area (Å²) in [6.07, 6.45) is 3.43. The maximum absolute atomic E-state index is 10.8. The minimum atomic E-state index is -0.412. The molecule has 0 aliphatic heterocycles.